The van der Waals surface area contributed by atoms with Crippen molar-refractivity contribution in [1.29, 1.82) is 0 Å². The van der Waals surface area contributed by atoms with Gasteiger partial charge in [0, 0.05) is 12.8 Å². The predicted molar refractivity (Wildman–Crippen MR) is 333 cm³/mol. The van der Waals surface area contributed by atoms with Gasteiger partial charge in [0.1, 0.15) is 0 Å². The molecular formula is C70H129NO5. The normalized spacial score (nSPS) is 12.9. The number of unbranched alkanes of at least 4 members (excludes halogenated alkanes) is 43. The summed E-state index contributed by atoms with van der Waals surface area (Å²) in [7, 11) is 0. The first-order chi connectivity index (χ1) is 37.5. The van der Waals surface area contributed by atoms with E-state index in [1.165, 1.54) is 263 Å². The number of rotatable bonds is 62. The van der Waals surface area contributed by atoms with Gasteiger partial charge in [-0.3, -0.25) is 9.59 Å². The summed E-state index contributed by atoms with van der Waals surface area (Å²) in [6, 6.07) is -0.634. The molecule has 0 aliphatic rings. The summed E-state index contributed by atoms with van der Waals surface area (Å²) in [5.41, 5.74) is 0. The molecule has 0 bridgehead atoms. The van der Waals surface area contributed by atoms with Gasteiger partial charge in [0.05, 0.1) is 25.4 Å². The van der Waals surface area contributed by atoms with Crippen molar-refractivity contribution >= 4 is 11.9 Å². The molecule has 6 heteroatoms. The molecule has 0 radical (unpaired) electrons. The number of aliphatic hydroxyl groups excluding tert-OH is 2. The molecule has 444 valence electrons. The van der Waals surface area contributed by atoms with Crippen LogP contribution in [0.2, 0.25) is 0 Å². The van der Waals surface area contributed by atoms with E-state index < -0.39 is 12.1 Å². The first kappa shape index (κ1) is 73.6. The van der Waals surface area contributed by atoms with Crippen LogP contribution in [-0.2, 0) is 14.3 Å². The van der Waals surface area contributed by atoms with Crippen molar-refractivity contribution in [3.63, 3.8) is 0 Å². The fourth-order valence-corrected chi connectivity index (χ4v) is 10.1. The Balaban J connectivity index is 3.46. The van der Waals surface area contributed by atoms with Crippen LogP contribution in [0.3, 0.4) is 0 Å². The van der Waals surface area contributed by atoms with Gasteiger partial charge in [0.25, 0.3) is 0 Å². The highest BCUT2D eigenvalue weighted by molar-refractivity contribution is 5.76. The molecule has 0 spiro atoms. The Morgan fingerprint density at radius 2 is 0.658 bits per heavy atom. The Kier molecular flexibility index (Phi) is 63.0. The number of esters is 1. The molecular weight excluding hydrogens is 935 g/mol. The number of ether oxygens (including phenoxy) is 1. The van der Waals surface area contributed by atoms with E-state index in [-0.39, 0.29) is 18.5 Å². The van der Waals surface area contributed by atoms with Crippen molar-refractivity contribution in [3.8, 4) is 0 Å². The second kappa shape index (κ2) is 65.1. The van der Waals surface area contributed by atoms with Gasteiger partial charge in [-0.15, -0.1) is 0 Å². The van der Waals surface area contributed by atoms with Crippen LogP contribution in [0, 0.1) is 0 Å². The van der Waals surface area contributed by atoms with Gasteiger partial charge >= 0.3 is 5.97 Å². The SMILES string of the molecule is CCCCC/C=C\C/C=C\CCCCCCCCCC(=O)OCCCCCCCCCCC/C=C\C/C=C\CCCCCCCCCCCC(=O)NC(CO)C(O)/C=C/CCCCCCCCCCCCCCCCC. The molecule has 0 fully saturated rings. The van der Waals surface area contributed by atoms with Gasteiger partial charge in [-0.1, -0.05) is 299 Å². The van der Waals surface area contributed by atoms with Gasteiger partial charge in [-0.05, 0) is 96.3 Å². The largest absolute Gasteiger partial charge is 0.466 e. The zero-order valence-corrected chi connectivity index (χ0v) is 50.7. The standard InChI is InChI=1S/C70H129NO5/c1-3-5-7-9-11-13-15-17-19-30-34-38-42-46-50-54-58-62-68(73)67(66-72)71-69(74)63-59-55-51-47-43-39-35-32-28-26-24-22-21-23-25-27-29-33-37-41-45-49-53-57-61-65-76-70(75)64-60-56-52-48-44-40-36-31-20-18-16-14-12-10-8-6-4-2/h12,14,18,20,22-25,58,62,67-68,72-73H,3-11,13,15-17,19,21,26-57,59-61,63-66H2,1-2H3,(H,71,74)/b14-12-,20-18-,24-22-,25-23-,62-58+. The van der Waals surface area contributed by atoms with E-state index in [9.17, 15) is 19.8 Å². The van der Waals surface area contributed by atoms with Gasteiger partial charge in [-0.2, -0.15) is 0 Å². The minimum Gasteiger partial charge on any atom is -0.466 e. The van der Waals surface area contributed by atoms with Crippen LogP contribution in [0.5, 0.6) is 0 Å². The molecule has 0 heterocycles. The lowest BCUT2D eigenvalue weighted by Gasteiger charge is -2.20. The molecule has 2 unspecified atom stereocenters. The van der Waals surface area contributed by atoms with E-state index in [0.29, 0.717) is 19.4 Å². The summed E-state index contributed by atoms with van der Waals surface area (Å²) in [6.45, 7) is 4.88. The van der Waals surface area contributed by atoms with Crippen LogP contribution in [0.4, 0.5) is 0 Å². The summed E-state index contributed by atoms with van der Waals surface area (Å²) in [5, 5.41) is 23.2. The Morgan fingerprint density at radius 1 is 0.368 bits per heavy atom. The molecule has 0 aromatic heterocycles. The zero-order valence-electron chi connectivity index (χ0n) is 50.7. The highest BCUT2D eigenvalue weighted by Crippen LogP contribution is 2.17. The third kappa shape index (κ3) is 60.8. The van der Waals surface area contributed by atoms with Crippen LogP contribution in [0.15, 0.2) is 60.8 Å². The summed E-state index contributed by atoms with van der Waals surface area (Å²) < 4.78 is 5.49. The lowest BCUT2D eigenvalue weighted by atomic mass is 10.0. The van der Waals surface area contributed by atoms with Gasteiger partial charge in [0.2, 0.25) is 5.91 Å². The lowest BCUT2D eigenvalue weighted by Crippen LogP contribution is -2.45. The van der Waals surface area contributed by atoms with Crippen molar-refractivity contribution < 1.29 is 24.5 Å². The van der Waals surface area contributed by atoms with Crippen LogP contribution < -0.4 is 5.32 Å². The molecule has 0 aromatic rings. The summed E-state index contributed by atoms with van der Waals surface area (Å²) in [4.78, 5) is 24.6. The Hall–Kier alpha value is -2.44. The number of aliphatic hydroxyl groups is 2. The van der Waals surface area contributed by atoms with Crippen LogP contribution >= 0.6 is 0 Å². The molecule has 0 aliphatic carbocycles. The van der Waals surface area contributed by atoms with E-state index in [4.69, 9.17) is 4.74 Å². The Bertz CT molecular complexity index is 1320. The monoisotopic (exact) mass is 1060 g/mol. The third-order valence-electron chi connectivity index (χ3n) is 15.3. The fraction of sp³-hybridized carbons (Fsp3) is 0.829. The molecule has 0 aromatic carbocycles. The highest BCUT2D eigenvalue weighted by Gasteiger charge is 2.18. The van der Waals surface area contributed by atoms with Crippen molar-refractivity contribution in [3.05, 3.63) is 60.8 Å². The second-order valence-electron chi connectivity index (χ2n) is 22.8. The Labute approximate surface area is 473 Å². The quantitative estimate of drug-likeness (QED) is 0.0320. The van der Waals surface area contributed by atoms with Gasteiger partial charge in [0.15, 0.2) is 0 Å². The van der Waals surface area contributed by atoms with E-state index in [1.54, 1.807) is 6.08 Å². The van der Waals surface area contributed by atoms with Crippen molar-refractivity contribution in [2.75, 3.05) is 13.2 Å². The van der Waals surface area contributed by atoms with Crippen LogP contribution in [0.1, 0.15) is 348 Å². The molecule has 76 heavy (non-hydrogen) atoms. The van der Waals surface area contributed by atoms with E-state index >= 15 is 0 Å². The molecule has 0 aliphatic heterocycles. The van der Waals surface area contributed by atoms with Gasteiger partial charge < -0.3 is 20.3 Å². The minimum absolute atomic E-state index is 0.000505. The summed E-state index contributed by atoms with van der Waals surface area (Å²) >= 11 is 0. The second-order valence-corrected chi connectivity index (χ2v) is 22.8. The highest BCUT2D eigenvalue weighted by atomic mass is 16.5. The number of nitrogens with one attached hydrogen (secondary N) is 1. The summed E-state index contributed by atoms with van der Waals surface area (Å²) in [6.07, 6.45) is 85.6. The molecule has 3 N–H and O–H groups in total. The average Bonchev–Trinajstić information content (AvgIpc) is 3.42. The molecule has 0 saturated carbocycles. The van der Waals surface area contributed by atoms with E-state index in [1.807, 2.05) is 6.08 Å². The topological polar surface area (TPSA) is 95.9 Å². The molecule has 6 nitrogen and oxygen atoms in total. The smallest absolute Gasteiger partial charge is 0.305 e. The van der Waals surface area contributed by atoms with E-state index in [0.717, 1.165) is 57.8 Å². The molecule has 1 amide bonds. The molecule has 0 rings (SSSR count). The van der Waals surface area contributed by atoms with Crippen LogP contribution in [0.25, 0.3) is 0 Å². The molecule has 2 atom stereocenters. The maximum Gasteiger partial charge on any atom is 0.305 e. The number of carbonyl (C=O) groups excluding carboxylic acids is 2. The number of allylic oxidation sites excluding steroid dienone is 9. The number of hydrogen-bond acceptors (Lipinski definition) is 5. The van der Waals surface area contributed by atoms with E-state index in [2.05, 4.69) is 67.8 Å². The number of hydrogen-bond donors (Lipinski definition) is 3. The van der Waals surface area contributed by atoms with Crippen LogP contribution in [-0.4, -0.2) is 47.4 Å². The fourth-order valence-electron chi connectivity index (χ4n) is 10.1. The van der Waals surface area contributed by atoms with Gasteiger partial charge in [-0.25, -0.2) is 0 Å². The zero-order chi connectivity index (χ0) is 55.0. The maximum atomic E-state index is 12.5. The summed E-state index contributed by atoms with van der Waals surface area (Å²) in [5.74, 6) is -0.0724. The first-order valence-electron chi connectivity index (χ1n) is 33.6. The van der Waals surface area contributed by atoms with Crippen molar-refractivity contribution in [2.45, 2.75) is 360 Å². The van der Waals surface area contributed by atoms with Crippen molar-refractivity contribution in [2.24, 2.45) is 0 Å². The Morgan fingerprint density at radius 3 is 1.03 bits per heavy atom. The third-order valence-corrected chi connectivity index (χ3v) is 15.3. The number of carbonyl (C=O) groups is 2. The number of amides is 1. The lowest BCUT2D eigenvalue weighted by molar-refractivity contribution is -0.143. The predicted octanol–water partition coefficient (Wildman–Crippen LogP) is 21.5. The first-order valence-corrected chi connectivity index (χ1v) is 33.6. The van der Waals surface area contributed by atoms with Crippen molar-refractivity contribution in [1.82, 2.24) is 5.32 Å². The maximum absolute atomic E-state index is 12.5. The minimum atomic E-state index is -0.850. The molecule has 0 saturated heterocycles. The average molecular weight is 1060 g/mol.